The maximum absolute atomic E-state index is 13.7. The van der Waals surface area contributed by atoms with Crippen LogP contribution in [0.5, 0.6) is 5.75 Å². The van der Waals surface area contributed by atoms with Gasteiger partial charge >= 0.3 is 6.18 Å². The first-order valence-electron chi connectivity index (χ1n) is 8.70. The summed E-state index contributed by atoms with van der Waals surface area (Å²) in [4.78, 5) is 24.1. The third kappa shape index (κ3) is 3.78. The number of carbonyl (C=O) groups is 2. The van der Waals surface area contributed by atoms with Crippen molar-refractivity contribution in [1.82, 2.24) is 15.5 Å². The lowest BCUT2D eigenvalue weighted by Gasteiger charge is -2.17. The number of halogens is 3. The highest BCUT2D eigenvalue weighted by atomic mass is 32.2. The smallest absolute Gasteiger partial charge is 0.416 e. The molecule has 2 aromatic carbocycles. The van der Waals surface area contributed by atoms with Crippen LogP contribution in [0, 0.1) is 0 Å². The first-order valence-corrected chi connectivity index (χ1v) is 9.52. The summed E-state index contributed by atoms with van der Waals surface area (Å²) in [6, 6.07) is 8.78. The molecule has 0 spiro atoms. The molecule has 1 saturated heterocycles. The monoisotopic (exact) mass is 433 g/mol. The van der Waals surface area contributed by atoms with Gasteiger partial charge in [-0.2, -0.15) is 18.3 Å². The lowest BCUT2D eigenvalue weighted by atomic mass is 9.93. The summed E-state index contributed by atoms with van der Waals surface area (Å²) in [5, 5.41) is 9.05. The van der Waals surface area contributed by atoms with Crippen LogP contribution in [0.4, 0.5) is 18.0 Å². The standard InChI is InChI=1S/C20H14F3N3O3S/c1-29-13-4-2-11(15(8-13)20(21,22)23)7-14(17-18(27)25-19(28)30-17)10-3-5-16-12(6-10)9-24-26-16/h2-6,8-9H,7H2,1H3,(H,24,26)(H,25,27,28)/b17-14-. The van der Waals surface area contributed by atoms with Gasteiger partial charge in [0.2, 0.25) is 0 Å². The lowest BCUT2D eigenvalue weighted by Crippen LogP contribution is -2.18. The summed E-state index contributed by atoms with van der Waals surface area (Å²) in [6.45, 7) is 0. The second-order valence-electron chi connectivity index (χ2n) is 6.52. The molecule has 0 radical (unpaired) electrons. The van der Waals surface area contributed by atoms with E-state index in [1.807, 2.05) is 0 Å². The van der Waals surface area contributed by atoms with E-state index in [0.717, 1.165) is 17.0 Å². The third-order valence-corrected chi connectivity index (χ3v) is 5.59. The largest absolute Gasteiger partial charge is 0.497 e. The number of hydrogen-bond donors (Lipinski definition) is 2. The lowest BCUT2D eigenvalue weighted by molar-refractivity contribution is -0.138. The van der Waals surface area contributed by atoms with Crippen molar-refractivity contribution in [2.24, 2.45) is 0 Å². The molecule has 1 fully saturated rings. The van der Waals surface area contributed by atoms with Crippen molar-refractivity contribution in [2.75, 3.05) is 7.11 Å². The normalized spacial score (nSPS) is 16.1. The fourth-order valence-electron chi connectivity index (χ4n) is 3.25. The van der Waals surface area contributed by atoms with Crippen molar-refractivity contribution in [3.05, 3.63) is 64.2 Å². The maximum atomic E-state index is 13.7. The molecule has 1 aliphatic heterocycles. The molecule has 2 N–H and O–H groups in total. The first-order chi connectivity index (χ1) is 14.3. The number of methoxy groups -OCH3 is 1. The number of fused-ring (bicyclic) bond motifs is 1. The maximum Gasteiger partial charge on any atom is 0.416 e. The molecule has 3 aromatic rings. The Morgan fingerprint density at radius 2 is 1.97 bits per heavy atom. The molecule has 0 atom stereocenters. The van der Waals surface area contributed by atoms with E-state index in [0.29, 0.717) is 22.9 Å². The molecule has 4 rings (SSSR count). The minimum absolute atomic E-state index is 0.0363. The number of aromatic amines is 1. The molecule has 1 aromatic heterocycles. The zero-order valence-electron chi connectivity index (χ0n) is 15.5. The van der Waals surface area contributed by atoms with E-state index in [1.54, 1.807) is 24.4 Å². The molecule has 6 nitrogen and oxygen atoms in total. The van der Waals surface area contributed by atoms with Crippen LogP contribution in [0.15, 0.2) is 47.5 Å². The number of alkyl halides is 3. The van der Waals surface area contributed by atoms with Crippen LogP contribution in [0.3, 0.4) is 0 Å². The molecular weight excluding hydrogens is 419 g/mol. The first kappa shape index (κ1) is 20.0. The number of amides is 2. The average Bonchev–Trinajstić information content (AvgIpc) is 3.30. The van der Waals surface area contributed by atoms with Gasteiger partial charge in [-0.3, -0.25) is 20.0 Å². The summed E-state index contributed by atoms with van der Waals surface area (Å²) in [5.41, 5.74) is 0.690. The van der Waals surface area contributed by atoms with Crippen molar-refractivity contribution in [1.29, 1.82) is 0 Å². The summed E-state index contributed by atoms with van der Waals surface area (Å²) >= 11 is 0.675. The van der Waals surface area contributed by atoms with Gasteiger partial charge in [-0.25, -0.2) is 0 Å². The molecule has 0 aliphatic carbocycles. The van der Waals surface area contributed by atoms with E-state index in [-0.39, 0.29) is 22.6 Å². The van der Waals surface area contributed by atoms with E-state index in [4.69, 9.17) is 4.74 Å². The molecule has 154 valence electrons. The number of carbonyl (C=O) groups excluding carboxylic acids is 2. The molecule has 30 heavy (non-hydrogen) atoms. The molecule has 2 amide bonds. The summed E-state index contributed by atoms with van der Waals surface area (Å²) in [6.07, 6.45) is -3.25. The molecule has 1 aliphatic rings. The summed E-state index contributed by atoms with van der Waals surface area (Å²) < 4.78 is 46.0. The highest BCUT2D eigenvalue weighted by Gasteiger charge is 2.35. The molecule has 2 heterocycles. The molecule has 0 unspecified atom stereocenters. The number of ether oxygens (including phenoxy) is 1. The number of aromatic nitrogens is 2. The van der Waals surface area contributed by atoms with E-state index >= 15 is 0 Å². The van der Waals surface area contributed by atoms with Gasteiger partial charge in [0.05, 0.1) is 29.3 Å². The quantitative estimate of drug-likeness (QED) is 0.591. The van der Waals surface area contributed by atoms with E-state index in [1.165, 1.54) is 19.2 Å². The Morgan fingerprint density at radius 3 is 2.63 bits per heavy atom. The molecule has 0 bridgehead atoms. The van der Waals surface area contributed by atoms with Gasteiger partial charge in [-0.1, -0.05) is 12.1 Å². The van der Waals surface area contributed by atoms with Crippen molar-refractivity contribution >= 4 is 39.4 Å². The second kappa shape index (κ2) is 7.52. The SMILES string of the molecule is COc1ccc(C/C(=C2/SC(=O)NC2=O)c2ccc3[nH]ncc3c2)c(C(F)(F)F)c1. The van der Waals surface area contributed by atoms with Crippen LogP contribution in [-0.4, -0.2) is 28.5 Å². The fourth-order valence-corrected chi connectivity index (χ4v) is 4.03. The van der Waals surface area contributed by atoms with Crippen LogP contribution in [0.2, 0.25) is 0 Å². The Kier molecular flexibility index (Phi) is 5.02. The second-order valence-corrected chi connectivity index (χ2v) is 7.50. The predicted octanol–water partition coefficient (Wildman–Crippen LogP) is 4.53. The van der Waals surface area contributed by atoms with Crippen molar-refractivity contribution in [3.63, 3.8) is 0 Å². The third-order valence-electron chi connectivity index (χ3n) is 4.67. The number of benzene rings is 2. The average molecular weight is 433 g/mol. The van der Waals surface area contributed by atoms with Crippen molar-refractivity contribution in [3.8, 4) is 5.75 Å². The van der Waals surface area contributed by atoms with Crippen molar-refractivity contribution in [2.45, 2.75) is 12.6 Å². The topological polar surface area (TPSA) is 84.1 Å². The highest BCUT2D eigenvalue weighted by Crippen LogP contribution is 2.39. The van der Waals surface area contributed by atoms with Gasteiger partial charge in [0, 0.05) is 5.39 Å². The number of hydrogen-bond acceptors (Lipinski definition) is 5. The molecular formula is C20H14F3N3O3S. The summed E-state index contributed by atoms with van der Waals surface area (Å²) in [5.74, 6) is -0.558. The Hall–Kier alpha value is -3.27. The van der Waals surface area contributed by atoms with Crippen LogP contribution >= 0.6 is 11.8 Å². The number of rotatable bonds is 4. The van der Waals surface area contributed by atoms with Gasteiger partial charge < -0.3 is 4.74 Å². The Bertz CT molecular complexity index is 1200. The predicted molar refractivity (Wildman–Crippen MR) is 106 cm³/mol. The Morgan fingerprint density at radius 1 is 1.17 bits per heavy atom. The van der Waals surface area contributed by atoms with E-state index in [9.17, 15) is 22.8 Å². The number of allylic oxidation sites excluding steroid dienone is 1. The number of nitrogens with zero attached hydrogens (tertiary/aromatic N) is 1. The van der Waals surface area contributed by atoms with Crippen LogP contribution in [0.25, 0.3) is 16.5 Å². The summed E-state index contributed by atoms with van der Waals surface area (Å²) in [7, 11) is 1.29. The van der Waals surface area contributed by atoms with Crippen LogP contribution in [0.1, 0.15) is 16.7 Å². The van der Waals surface area contributed by atoms with Gasteiger partial charge in [0.25, 0.3) is 11.1 Å². The Balaban J connectivity index is 1.87. The Labute approximate surface area is 172 Å². The van der Waals surface area contributed by atoms with Crippen LogP contribution < -0.4 is 10.1 Å². The number of H-pyrrole nitrogens is 1. The highest BCUT2D eigenvalue weighted by molar-refractivity contribution is 8.18. The van der Waals surface area contributed by atoms with Crippen molar-refractivity contribution < 1.29 is 27.5 Å². The number of imide groups is 1. The molecule has 0 saturated carbocycles. The number of nitrogens with one attached hydrogen (secondary N) is 2. The fraction of sp³-hybridized carbons (Fsp3) is 0.150. The van der Waals surface area contributed by atoms with Gasteiger partial charge in [0.15, 0.2) is 0 Å². The van der Waals surface area contributed by atoms with Gasteiger partial charge in [-0.05, 0) is 59.1 Å². The number of thioether (sulfide) groups is 1. The zero-order valence-corrected chi connectivity index (χ0v) is 16.3. The van der Waals surface area contributed by atoms with E-state index in [2.05, 4.69) is 15.5 Å². The van der Waals surface area contributed by atoms with Gasteiger partial charge in [0.1, 0.15) is 5.75 Å². The minimum atomic E-state index is -4.62. The van der Waals surface area contributed by atoms with Gasteiger partial charge in [-0.15, -0.1) is 0 Å². The van der Waals surface area contributed by atoms with E-state index < -0.39 is 22.9 Å². The minimum Gasteiger partial charge on any atom is -0.497 e. The van der Waals surface area contributed by atoms with Crippen LogP contribution in [-0.2, 0) is 17.4 Å². The molecule has 10 heteroatoms. The zero-order chi connectivity index (χ0) is 21.5.